The molecule has 0 bridgehead atoms. The Bertz CT molecular complexity index is 374. The molecule has 0 aromatic rings. The van der Waals surface area contributed by atoms with E-state index in [1.54, 1.807) is 6.92 Å². The number of aliphatic hydroxyl groups is 1. The van der Waals surface area contributed by atoms with Crippen LogP contribution in [0.15, 0.2) is 23.0 Å². The predicted octanol–water partition coefficient (Wildman–Crippen LogP) is 2.80. The second-order valence-corrected chi connectivity index (χ2v) is 6.06. The van der Waals surface area contributed by atoms with Crippen LogP contribution in [0.25, 0.3) is 0 Å². The Morgan fingerprint density at radius 3 is 2.71 bits per heavy atom. The molecule has 0 unspecified atom stereocenters. The van der Waals surface area contributed by atoms with E-state index in [1.807, 2.05) is 19.9 Å². The SMILES string of the molecule is CCCNC/C(C)=C/[C@@]1(C)SC(=O)C(C)=C1O. The lowest BCUT2D eigenvalue weighted by Crippen LogP contribution is -2.22. The highest BCUT2D eigenvalue weighted by Crippen LogP contribution is 2.43. The van der Waals surface area contributed by atoms with Crippen molar-refractivity contribution in [1.82, 2.24) is 5.32 Å². The standard InChI is InChI=1S/C13H21NO2S/c1-5-6-14-8-9(2)7-13(4)11(15)10(3)12(16)17-13/h7,14-15H,5-6,8H2,1-4H3/b9-7+/t13-/m1/s1. The third-order valence-corrected chi connectivity index (χ3v) is 4.02. The van der Waals surface area contributed by atoms with Crippen molar-refractivity contribution in [1.29, 1.82) is 0 Å². The molecule has 0 aliphatic carbocycles. The summed E-state index contributed by atoms with van der Waals surface area (Å²) in [6.07, 6.45) is 3.08. The van der Waals surface area contributed by atoms with Crippen LogP contribution in [-0.4, -0.2) is 28.1 Å². The van der Waals surface area contributed by atoms with E-state index < -0.39 is 4.75 Å². The van der Waals surface area contributed by atoms with Gasteiger partial charge in [0.1, 0.15) is 5.76 Å². The van der Waals surface area contributed by atoms with Gasteiger partial charge in [-0.05, 0) is 33.7 Å². The van der Waals surface area contributed by atoms with Crippen molar-refractivity contribution in [3.05, 3.63) is 23.0 Å². The molecule has 1 heterocycles. The van der Waals surface area contributed by atoms with Crippen molar-refractivity contribution in [3.63, 3.8) is 0 Å². The fourth-order valence-electron chi connectivity index (χ4n) is 1.87. The molecule has 3 nitrogen and oxygen atoms in total. The molecule has 96 valence electrons. The fourth-order valence-corrected chi connectivity index (χ4v) is 3.01. The largest absolute Gasteiger partial charge is 0.510 e. The van der Waals surface area contributed by atoms with Crippen molar-refractivity contribution >= 4 is 16.9 Å². The molecule has 4 heteroatoms. The van der Waals surface area contributed by atoms with Gasteiger partial charge in [-0.2, -0.15) is 0 Å². The van der Waals surface area contributed by atoms with Crippen molar-refractivity contribution in [3.8, 4) is 0 Å². The fraction of sp³-hybridized carbons (Fsp3) is 0.615. The molecule has 0 aromatic heterocycles. The predicted molar refractivity (Wildman–Crippen MR) is 73.2 cm³/mol. The summed E-state index contributed by atoms with van der Waals surface area (Å²) in [6.45, 7) is 9.47. The van der Waals surface area contributed by atoms with Gasteiger partial charge in [-0.3, -0.25) is 4.79 Å². The van der Waals surface area contributed by atoms with Gasteiger partial charge in [0.2, 0.25) is 5.12 Å². The smallest absolute Gasteiger partial charge is 0.219 e. The van der Waals surface area contributed by atoms with Crippen LogP contribution in [0.2, 0.25) is 0 Å². The number of aliphatic hydroxyl groups excluding tert-OH is 1. The zero-order valence-electron chi connectivity index (χ0n) is 11.0. The highest BCUT2D eigenvalue weighted by Gasteiger charge is 2.40. The highest BCUT2D eigenvalue weighted by molar-refractivity contribution is 8.16. The third kappa shape index (κ3) is 3.36. The first kappa shape index (κ1) is 14.3. The Morgan fingerprint density at radius 2 is 2.24 bits per heavy atom. The molecular formula is C13H21NO2S. The maximum absolute atomic E-state index is 11.5. The van der Waals surface area contributed by atoms with Gasteiger partial charge in [-0.1, -0.05) is 30.3 Å². The van der Waals surface area contributed by atoms with Crippen molar-refractivity contribution < 1.29 is 9.90 Å². The van der Waals surface area contributed by atoms with Crippen LogP contribution >= 0.6 is 11.8 Å². The minimum Gasteiger partial charge on any atom is -0.510 e. The number of thioether (sulfide) groups is 1. The van der Waals surface area contributed by atoms with E-state index >= 15 is 0 Å². The van der Waals surface area contributed by atoms with Gasteiger partial charge in [0, 0.05) is 12.1 Å². The Hall–Kier alpha value is -0.740. The molecule has 0 amide bonds. The molecular weight excluding hydrogens is 234 g/mol. The van der Waals surface area contributed by atoms with Gasteiger partial charge in [0.25, 0.3) is 0 Å². The van der Waals surface area contributed by atoms with E-state index in [1.165, 1.54) is 11.8 Å². The molecule has 1 atom stereocenters. The lowest BCUT2D eigenvalue weighted by Gasteiger charge is -2.19. The zero-order valence-corrected chi connectivity index (χ0v) is 11.8. The van der Waals surface area contributed by atoms with Gasteiger partial charge in [0.15, 0.2) is 0 Å². The van der Waals surface area contributed by atoms with E-state index in [0.717, 1.165) is 25.1 Å². The minimum absolute atomic E-state index is 0.0319. The second kappa shape index (κ2) is 5.74. The van der Waals surface area contributed by atoms with Crippen LogP contribution < -0.4 is 5.32 Å². The van der Waals surface area contributed by atoms with E-state index in [2.05, 4.69) is 12.2 Å². The summed E-state index contributed by atoms with van der Waals surface area (Å²) >= 11 is 1.18. The maximum Gasteiger partial charge on any atom is 0.219 e. The van der Waals surface area contributed by atoms with Crippen LogP contribution in [0.3, 0.4) is 0 Å². The maximum atomic E-state index is 11.5. The summed E-state index contributed by atoms with van der Waals surface area (Å²) in [5.74, 6) is 0.197. The lowest BCUT2D eigenvalue weighted by molar-refractivity contribution is -0.107. The average molecular weight is 255 g/mol. The molecule has 0 saturated carbocycles. The first-order chi connectivity index (χ1) is 7.90. The molecule has 17 heavy (non-hydrogen) atoms. The summed E-state index contributed by atoms with van der Waals surface area (Å²) in [6, 6.07) is 0. The lowest BCUT2D eigenvalue weighted by atomic mass is 10.0. The number of hydrogen-bond acceptors (Lipinski definition) is 4. The molecule has 0 radical (unpaired) electrons. The summed E-state index contributed by atoms with van der Waals surface area (Å²) in [5.41, 5.74) is 1.62. The molecule has 0 saturated heterocycles. The Kier molecular flexibility index (Phi) is 4.83. The minimum atomic E-state index is -0.584. The molecule has 0 aromatic carbocycles. The summed E-state index contributed by atoms with van der Waals surface area (Å²) in [4.78, 5) is 11.5. The van der Waals surface area contributed by atoms with Gasteiger partial charge in [-0.15, -0.1) is 0 Å². The van der Waals surface area contributed by atoms with Crippen LogP contribution in [0.4, 0.5) is 0 Å². The number of hydrogen-bond donors (Lipinski definition) is 2. The number of carbonyl (C=O) groups excluding carboxylic acids is 1. The molecule has 2 N–H and O–H groups in total. The summed E-state index contributed by atoms with van der Waals surface area (Å²) in [5, 5.41) is 13.3. The van der Waals surface area contributed by atoms with E-state index in [-0.39, 0.29) is 10.9 Å². The molecule has 0 fully saturated rings. The second-order valence-electron chi connectivity index (χ2n) is 4.64. The molecule has 1 rings (SSSR count). The Labute approximate surface area is 107 Å². The Balaban J connectivity index is 2.73. The first-order valence-electron chi connectivity index (χ1n) is 5.93. The van der Waals surface area contributed by atoms with E-state index in [4.69, 9.17) is 0 Å². The average Bonchev–Trinajstić information content (AvgIpc) is 2.43. The van der Waals surface area contributed by atoms with Crippen molar-refractivity contribution in [2.24, 2.45) is 0 Å². The molecule has 0 spiro atoms. The van der Waals surface area contributed by atoms with E-state index in [0.29, 0.717) is 5.57 Å². The van der Waals surface area contributed by atoms with Gasteiger partial charge in [0.05, 0.1) is 4.75 Å². The number of nitrogens with one attached hydrogen (secondary N) is 1. The topological polar surface area (TPSA) is 49.3 Å². The normalized spacial score (nSPS) is 25.9. The van der Waals surface area contributed by atoms with Gasteiger partial charge in [-0.25, -0.2) is 0 Å². The summed E-state index contributed by atoms with van der Waals surface area (Å²) < 4.78 is -0.584. The van der Waals surface area contributed by atoms with Crippen molar-refractivity contribution in [2.45, 2.75) is 38.9 Å². The number of carbonyl (C=O) groups is 1. The highest BCUT2D eigenvalue weighted by atomic mass is 32.2. The third-order valence-electron chi connectivity index (χ3n) is 2.79. The first-order valence-corrected chi connectivity index (χ1v) is 6.75. The zero-order chi connectivity index (χ0) is 13.1. The quantitative estimate of drug-likeness (QED) is 0.586. The monoisotopic (exact) mass is 255 g/mol. The van der Waals surface area contributed by atoms with Gasteiger partial charge >= 0.3 is 0 Å². The molecule has 1 aliphatic rings. The summed E-state index contributed by atoms with van der Waals surface area (Å²) in [7, 11) is 0. The number of rotatable bonds is 5. The van der Waals surface area contributed by atoms with E-state index in [9.17, 15) is 9.90 Å². The van der Waals surface area contributed by atoms with Crippen LogP contribution in [-0.2, 0) is 4.79 Å². The van der Waals surface area contributed by atoms with Crippen LogP contribution in [0, 0.1) is 0 Å². The van der Waals surface area contributed by atoms with Crippen LogP contribution in [0.1, 0.15) is 34.1 Å². The molecule has 1 aliphatic heterocycles. The van der Waals surface area contributed by atoms with Crippen LogP contribution in [0.5, 0.6) is 0 Å². The Morgan fingerprint density at radius 1 is 1.59 bits per heavy atom. The van der Waals surface area contributed by atoms with Crippen molar-refractivity contribution in [2.75, 3.05) is 13.1 Å². The van der Waals surface area contributed by atoms with Gasteiger partial charge < -0.3 is 10.4 Å².